The van der Waals surface area contributed by atoms with Crippen LogP contribution in [0.5, 0.6) is 0 Å². The Morgan fingerprint density at radius 2 is 2.00 bits per heavy atom. The number of likely N-dealkylation sites (tertiary alicyclic amines) is 2. The van der Waals surface area contributed by atoms with Gasteiger partial charge in [0.15, 0.2) is 11.6 Å². The van der Waals surface area contributed by atoms with Crippen molar-refractivity contribution in [1.82, 2.24) is 14.8 Å². The lowest BCUT2D eigenvalue weighted by Gasteiger charge is -2.25. The van der Waals surface area contributed by atoms with Gasteiger partial charge in [-0.25, -0.2) is 8.78 Å². The number of benzene rings is 1. The molecule has 25 heavy (non-hydrogen) atoms. The summed E-state index contributed by atoms with van der Waals surface area (Å²) in [4.78, 5) is 20.6. The molecule has 3 heterocycles. The lowest BCUT2D eigenvalue weighted by molar-refractivity contribution is -0.129. The molecule has 0 spiro atoms. The van der Waals surface area contributed by atoms with Crippen LogP contribution in [-0.2, 0) is 17.9 Å². The van der Waals surface area contributed by atoms with Crippen molar-refractivity contribution in [2.24, 2.45) is 0 Å². The molecule has 2 aromatic rings. The van der Waals surface area contributed by atoms with Crippen LogP contribution in [0.1, 0.15) is 24.0 Å². The van der Waals surface area contributed by atoms with E-state index >= 15 is 0 Å². The molecule has 0 N–H and O–H groups in total. The minimum Gasteiger partial charge on any atom is -0.334 e. The third kappa shape index (κ3) is 3.02. The highest BCUT2D eigenvalue weighted by Crippen LogP contribution is 2.34. The average Bonchev–Trinajstić information content (AvgIpc) is 3.13. The van der Waals surface area contributed by atoms with Crippen LogP contribution in [0.2, 0.25) is 0 Å². The minimum absolute atomic E-state index is 0.0619. The van der Waals surface area contributed by atoms with Crippen LogP contribution in [0.15, 0.2) is 42.7 Å². The first kappa shape index (κ1) is 16.1. The summed E-state index contributed by atoms with van der Waals surface area (Å²) in [6.45, 7) is 1.66. The standard InChI is InChI=1S/C19H19F2N3O/c20-15-5-1-4-14(19(15)21)12-23-8-6-16-17(23)9-18(25)24(16)11-13-3-2-7-22-10-13/h1-5,7,10,16-17H,6,8-9,11-12H2/t16-,17-/m0/s1. The van der Waals surface area contributed by atoms with Gasteiger partial charge in [-0.3, -0.25) is 14.7 Å². The number of hydrogen-bond acceptors (Lipinski definition) is 3. The largest absolute Gasteiger partial charge is 0.334 e. The monoisotopic (exact) mass is 343 g/mol. The van der Waals surface area contributed by atoms with Gasteiger partial charge in [-0.2, -0.15) is 0 Å². The smallest absolute Gasteiger partial charge is 0.224 e. The predicted octanol–water partition coefficient (Wildman–Crippen LogP) is 2.74. The maximum absolute atomic E-state index is 14.0. The van der Waals surface area contributed by atoms with E-state index in [2.05, 4.69) is 9.88 Å². The second kappa shape index (κ2) is 6.52. The van der Waals surface area contributed by atoms with Crippen molar-refractivity contribution in [2.75, 3.05) is 6.54 Å². The highest BCUT2D eigenvalue weighted by atomic mass is 19.2. The number of aromatic nitrogens is 1. The second-order valence-corrected chi connectivity index (χ2v) is 6.69. The van der Waals surface area contributed by atoms with Gasteiger partial charge in [0, 0.05) is 56.1 Å². The Balaban J connectivity index is 1.49. The summed E-state index contributed by atoms with van der Waals surface area (Å²) >= 11 is 0. The normalized spacial score (nSPS) is 23.3. The minimum atomic E-state index is -0.825. The van der Waals surface area contributed by atoms with Crippen molar-refractivity contribution < 1.29 is 13.6 Å². The highest BCUT2D eigenvalue weighted by molar-refractivity contribution is 5.80. The van der Waals surface area contributed by atoms with E-state index in [1.165, 1.54) is 6.07 Å². The van der Waals surface area contributed by atoms with Crippen molar-refractivity contribution in [1.29, 1.82) is 0 Å². The lowest BCUT2D eigenvalue weighted by atomic mass is 10.1. The fraction of sp³-hybridized carbons (Fsp3) is 0.368. The first-order valence-electron chi connectivity index (χ1n) is 8.49. The Bertz CT molecular complexity index is 783. The van der Waals surface area contributed by atoms with Gasteiger partial charge < -0.3 is 4.90 Å². The Morgan fingerprint density at radius 1 is 1.12 bits per heavy atom. The molecular formula is C19H19F2N3O. The summed E-state index contributed by atoms with van der Waals surface area (Å²) in [6.07, 6.45) is 4.77. The molecular weight excluding hydrogens is 324 g/mol. The van der Waals surface area contributed by atoms with Crippen LogP contribution in [0.4, 0.5) is 8.78 Å². The molecule has 4 rings (SSSR count). The Morgan fingerprint density at radius 3 is 2.80 bits per heavy atom. The lowest BCUT2D eigenvalue weighted by Crippen LogP contribution is -2.36. The van der Waals surface area contributed by atoms with Crippen LogP contribution in [-0.4, -0.2) is 39.3 Å². The molecule has 2 atom stereocenters. The Labute approximate surface area is 145 Å². The predicted molar refractivity (Wildman–Crippen MR) is 88.4 cm³/mol. The first-order valence-corrected chi connectivity index (χ1v) is 8.49. The van der Waals surface area contributed by atoms with Crippen molar-refractivity contribution in [2.45, 2.75) is 38.0 Å². The van der Waals surface area contributed by atoms with Gasteiger partial charge in [0.1, 0.15) is 0 Å². The van der Waals surface area contributed by atoms with E-state index in [4.69, 9.17) is 0 Å². The molecule has 1 aromatic heterocycles. The van der Waals surface area contributed by atoms with E-state index in [1.54, 1.807) is 18.5 Å². The van der Waals surface area contributed by atoms with Crippen LogP contribution in [0, 0.1) is 11.6 Å². The number of nitrogens with zero attached hydrogens (tertiary/aromatic N) is 3. The number of carbonyl (C=O) groups is 1. The fourth-order valence-electron chi connectivity index (χ4n) is 3.99. The molecule has 1 aromatic carbocycles. The van der Waals surface area contributed by atoms with E-state index in [0.717, 1.165) is 24.6 Å². The molecule has 0 unspecified atom stereocenters. The number of amides is 1. The topological polar surface area (TPSA) is 36.4 Å². The summed E-state index contributed by atoms with van der Waals surface area (Å²) < 4.78 is 27.4. The van der Waals surface area contributed by atoms with E-state index < -0.39 is 11.6 Å². The third-order valence-corrected chi connectivity index (χ3v) is 5.21. The van der Waals surface area contributed by atoms with E-state index in [-0.39, 0.29) is 18.0 Å². The maximum atomic E-state index is 14.0. The van der Waals surface area contributed by atoms with Gasteiger partial charge in [-0.05, 0) is 24.1 Å². The average molecular weight is 343 g/mol. The second-order valence-electron chi connectivity index (χ2n) is 6.69. The molecule has 0 saturated carbocycles. The third-order valence-electron chi connectivity index (χ3n) is 5.21. The summed E-state index contributed by atoms with van der Waals surface area (Å²) in [5.41, 5.74) is 1.35. The number of hydrogen-bond donors (Lipinski definition) is 0. The van der Waals surface area contributed by atoms with Crippen LogP contribution >= 0.6 is 0 Å². The quantitative estimate of drug-likeness (QED) is 0.856. The van der Waals surface area contributed by atoms with Crippen LogP contribution in [0.25, 0.3) is 0 Å². The van der Waals surface area contributed by atoms with Crippen LogP contribution < -0.4 is 0 Å². The molecule has 2 aliphatic heterocycles. The molecule has 2 aliphatic rings. The van der Waals surface area contributed by atoms with E-state index in [0.29, 0.717) is 25.1 Å². The zero-order valence-corrected chi connectivity index (χ0v) is 13.7. The molecule has 2 fully saturated rings. The molecule has 1 amide bonds. The Hall–Kier alpha value is -2.34. The first-order chi connectivity index (χ1) is 12.1. The van der Waals surface area contributed by atoms with Gasteiger partial charge in [-0.1, -0.05) is 18.2 Å². The number of rotatable bonds is 4. The van der Waals surface area contributed by atoms with Gasteiger partial charge in [-0.15, -0.1) is 0 Å². The molecule has 130 valence electrons. The van der Waals surface area contributed by atoms with Gasteiger partial charge >= 0.3 is 0 Å². The number of fused-ring (bicyclic) bond motifs is 1. The molecule has 0 bridgehead atoms. The molecule has 2 saturated heterocycles. The summed E-state index contributed by atoms with van der Waals surface area (Å²) in [6, 6.07) is 8.27. The van der Waals surface area contributed by atoms with Crippen molar-refractivity contribution in [3.63, 3.8) is 0 Å². The van der Waals surface area contributed by atoms with E-state index in [9.17, 15) is 13.6 Å². The zero-order valence-electron chi connectivity index (χ0n) is 13.7. The fourth-order valence-corrected chi connectivity index (χ4v) is 3.99. The molecule has 6 heteroatoms. The Kier molecular flexibility index (Phi) is 4.21. The van der Waals surface area contributed by atoms with Crippen LogP contribution in [0.3, 0.4) is 0 Å². The molecule has 0 radical (unpaired) electrons. The molecule has 4 nitrogen and oxygen atoms in total. The summed E-state index contributed by atoms with van der Waals surface area (Å²) in [5.74, 6) is -1.50. The highest BCUT2D eigenvalue weighted by Gasteiger charge is 2.46. The van der Waals surface area contributed by atoms with Gasteiger partial charge in [0.05, 0.1) is 0 Å². The number of halogens is 2. The van der Waals surface area contributed by atoms with Gasteiger partial charge in [0.2, 0.25) is 5.91 Å². The van der Waals surface area contributed by atoms with E-state index in [1.807, 2.05) is 17.0 Å². The summed E-state index contributed by atoms with van der Waals surface area (Å²) in [7, 11) is 0. The summed E-state index contributed by atoms with van der Waals surface area (Å²) in [5, 5.41) is 0. The van der Waals surface area contributed by atoms with Crippen molar-refractivity contribution in [3.8, 4) is 0 Å². The number of carbonyl (C=O) groups excluding carboxylic acids is 1. The van der Waals surface area contributed by atoms with Crippen molar-refractivity contribution in [3.05, 3.63) is 65.5 Å². The SMILES string of the molecule is O=C1C[C@H]2[C@H](CCN2Cc2cccc(F)c2F)N1Cc1cccnc1. The maximum Gasteiger partial charge on any atom is 0.224 e. The van der Waals surface area contributed by atoms with Crippen molar-refractivity contribution >= 4 is 5.91 Å². The molecule has 0 aliphatic carbocycles. The van der Waals surface area contributed by atoms with Gasteiger partial charge in [0.25, 0.3) is 0 Å². The zero-order chi connectivity index (χ0) is 17.4. The number of pyridine rings is 1.